The van der Waals surface area contributed by atoms with Gasteiger partial charge < -0.3 is 14.7 Å². The van der Waals surface area contributed by atoms with Gasteiger partial charge in [0.25, 0.3) is 0 Å². The molecule has 8 heteroatoms. The Morgan fingerprint density at radius 1 is 1.00 bits per heavy atom. The van der Waals surface area contributed by atoms with E-state index in [0.29, 0.717) is 32.0 Å². The average molecular weight is 465 g/mol. The summed E-state index contributed by atoms with van der Waals surface area (Å²) in [5, 5.41) is 11.4. The zero-order valence-corrected chi connectivity index (χ0v) is 19.3. The summed E-state index contributed by atoms with van der Waals surface area (Å²) < 4.78 is 32.7. The van der Waals surface area contributed by atoms with Gasteiger partial charge in [0, 0.05) is 32.2 Å². The minimum absolute atomic E-state index is 0.178. The molecule has 2 saturated heterocycles. The molecule has 0 saturated carbocycles. The van der Waals surface area contributed by atoms with E-state index in [1.54, 1.807) is 35.7 Å². The second kappa shape index (κ2) is 9.08. The van der Waals surface area contributed by atoms with Crippen molar-refractivity contribution in [2.75, 3.05) is 33.3 Å². The van der Waals surface area contributed by atoms with Crippen LogP contribution < -0.4 is 4.74 Å². The molecule has 0 spiro atoms. The van der Waals surface area contributed by atoms with Crippen molar-refractivity contribution in [2.45, 2.75) is 42.2 Å². The number of benzene rings is 2. The van der Waals surface area contributed by atoms with Crippen molar-refractivity contribution in [1.29, 1.82) is 0 Å². The van der Waals surface area contributed by atoms with Crippen molar-refractivity contribution >= 4 is 21.6 Å². The number of sulfonamides is 1. The van der Waals surface area contributed by atoms with Crippen molar-refractivity contribution in [2.24, 2.45) is 0 Å². The Labute approximate surface area is 189 Å². The molecule has 1 N–H and O–H groups in total. The standard InChI is InChI=1S/C23H29ClN2O4S/c1-30-20-8-6-18(7-9-20)23(27)12-16-25(17-13-23)19-10-14-26(15-11-19)31(28,29)22-5-3-2-4-21(22)24/h2-9,19,27H,10-17H2,1H3. The fourth-order valence-corrected chi connectivity index (χ4v) is 6.65. The lowest BCUT2D eigenvalue weighted by molar-refractivity contribution is -0.0401. The van der Waals surface area contributed by atoms with Crippen molar-refractivity contribution in [3.05, 3.63) is 59.1 Å². The number of hydrogen-bond donors (Lipinski definition) is 1. The van der Waals surface area contributed by atoms with Gasteiger partial charge in [0.15, 0.2) is 0 Å². The van der Waals surface area contributed by atoms with Crippen LogP contribution in [0.3, 0.4) is 0 Å². The summed E-state index contributed by atoms with van der Waals surface area (Å²) >= 11 is 6.13. The van der Waals surface area contributed by atoms with E-state index in [9.17, 15) is 13.5 Å². The van der Waals surface area contributed by atoms with E-state index >= 15 is 0 Å². The third-order valence-corrected chi connectivity index (χ3v) is 9.05. The summed E-state index contributed by atoms with van der Waals surface area (Å²) in [7, 11) is -1.94. The predicted octanol–water partition coefficient (Wildman–Crippen LogP) is 3.49. The maximum atomic E-state index is 13.0. The molecule has 0 unspecified atom stereocenters. The van der Waals surface area contributed by atoms with Crippen LogP contribution >= 0.6 is 11.6 Å². The average Bonchev–Trinajstić information content (AvgIpc) is 2.80. The molecule has 0 atom stereocenters. The molecule has 0 amide bonds. The van der Waals surface area contributed by atoms with Crippen LogP contribution in [0.25, 0.3) is 0 Å². The van der Waals surface area contributed by atoms with Crippen LogP contribution in [-0.4, -0.2) is 62.1 Å². The molecule has 2 fully saturated rings. The first-order valence-corrected chi connectivity index (χ1v) is 12.5. The summed E-state index contributed by atoms with van der Waals surface area (Å²) in [5.74, 6) is 0.781. The van der Waals surface area contributed by atoms with E-state index in [0.717, 1.165) is 37.2 Å². The van der Waals surface area contributed by atoms with Gasteiger partial charge in [0.05, 0.1) is 17.7 Å². The second-order valence-corrected chi connectivity index (χ2v) is 10.7. The molecule has 0 aromatic heterocycles. The molecule has 168 valence electrons. The zero-order valence-electron chi connectivity index (χ0n) is 17.7. The van der Waals surface area contributed by atoms with E-state index in [-0.39, 0.29) is 9.92 Å². The van der Waals surface area contributed by atoms with E-state index in [1.807, 2.05) is 24.3 Å². The summed E-state index contributed by atoms with van der Waals surface area (Å²) in [6.45, 7) is 2.56. The second-order valence-electron chi connectivity index (χ2n) is 8.36. The molecule has 0 aliphatic carbocycles. The molecule has 2 aliphatic heterocycles. The van der Waals surface area contributed by atoms with Crippen LogP contribution in [0.4, 0.5) is 0 Å². The number of likely N-dealkylation sites (tertiary alicyclic amines) is 1. The first kappa shape index (κ1) is 22.6. The number of piperidine rings is 2. The Morgan fingerprint density at radius 2 is 1.61 bits per heavy atom. The highest BCUT2D eigenvalue weighted by atomic mass is 35.5. The molecule has 0 radical (unpaired) electrons. The topological polar surface area (TPSA) is 70.1 Å². The van der Waals surface area contributed by atoms with E-state index in [2.05, 4.69) is 4.90 Å². The molecule has 4 rings (SSSR count). The Bertz CT molecular complexity index is 996. The van der Waals surface area contributed by atoms with Gasteiger partial charge in [-0.2, -0.15) is 4.31 Å². The van der Waals surface area contributed by atoms with Crippen LogP contribution in [0.2, 0.25) is 5.02 Å². The highest BCUT2D eigenvalue weighted by Gasteiger charge is 2.38. The number of halogens is 1. The molecular weight excluding hydrogens is 436 g/mol. The molecule has 31 heavy (non-hydrogen) atoms. The summed E-state index contributed by atoms with van der Waals surface area (Å²) in [5.41, 5.74) is 0.102. The van der Waals surface area contributed by atoms with Crippen LogP contribution in [0.15, 0.2) is 53.4 Å². The largest absolute Gasteiger partial charge is 0.497 e. The molecule has 2 aliphatic rings. The maximum absolute atomic E-state index is 13.0. The minimum Gasteiger partial charge on any atom is -0.497 e. The fourth-order valence-electron chi connectivity index (χ4n) is 4.69. The lowest BCUT2D eigenvalue weighted by Crippen LogP contribution is -2.51. The lowest BCUT2D eigenvalue weighted by Gasteiger charge is -2.44. The third-order valence-electron chi connectivity index (χ3n) is 6.65. The van der Waals surface area contributed by atoms with E-state index in [1.165, 1.54) is 0 Å². The highest BCUT2D eigenvalue weighted by Crippen LogP contribution is 2.36. The number of methoxy groups -OCH3 is 1. The molecule has 6 nitrogen and oxygen atoms in total. The van der Waals surface area contributed by atoms with Crippen LogP contribution in [0.1, 0.15) is 31.2 Å². The number of hydrogen-bond acceptors (Lipinski definition) is 5. The number of aliphatic hydroxyl groups is 1. The van der Waals surface area contributed by atoms with Crippen molar-refractivity contribution in [1.82, 2.24) is 9.21 Å². The SMILES string of the molecule is COc1ccc(C2(O)CCN(C3CCN(S(=O)(=O)c4ccccc4Cl)CC3)CC2)cc1. The molecular formula is C23H29ClN2O4S. The minimum atomic E-state index is -3.57. The lowest BCUT2D eigenvalue weighted by atomic mass is 9.83. The summed E-state index contributed by atoms with van der Waals surface area (Å²) in [6.07, 6.45) is 2.89. The molecule has 2 heterocycles. The quantitative estimate of drug-likeness (QED) is 0.733. The predicted molar refractivity (Wildman–Crippen MR) is 121 cm³/mol. The van der Waals surface area contributed by atoms with Gasteiger partial charge in [-0.15, -0.1) is 0 Å². The number of nitrogens with zero attached hydrogens (tertiary/aromatic N) is 2. The van der Waals surface area contributed by atoms with Crippen molar-refractivity contribution in [3.63, 3.8) is 0 Å². The first-order chi connectivity index (χ1) is 14.8. The van der Waals surface area contributed by atoms with E-state index < -0.39 is 15.6 Å². The smallest absolute Gasteiger partial charge is 0.244 e. The van der Waals surface area contributed by atoms with Crippen LogP contribution in [0.5, 0.6) is 5.75 Å². The van der Waals surface area contributed by atoms with Crippen molar-refractivity contribution in [3.8, 4) is 5.75 Å². The van der Waals surface area contributed by atoms with Gasteiger partial charge in [0.2, 0.25) is 10.0 Å². The monoisotopic (exact) mass is 464 g/mol. The Kier molecular flexibility index (Phi) is 6.60. The van der Waals surface area contributed by atoms with Gasteiger partial charge >= 0.3 is 0 Å². The Morgan fingerprint density at radius 3 is 2.19 bits per heavy atom. The highest BCUT2D eigenvalue weighted by molar-refractivity contribution is 7.89. The summed E-state index contributed by atoms with van der Waals surface area (Å²) in [4.78, 5) is 2.58. The number of ether oxygens (including phenoxy) is 1. The van der Waals surface area contributed by atoms with Gasteiger partial charge in [-0.25, -0.2) is 8.42 Å². The van der Waals surface area contributed by atoms with Gasteiger partial charge in [-0.1, -0.05) is 35.9 Å². The Hall–Kier alpha value is -1.64. The normalized spacial score (nSPS) is 21.1. The number of rotatable bonds is 5. The van der Waals surface area contributed by atoms with Crippen LogP contribution in [-0.2, 0) is 15.6 Å². The molecule has 2 aromatic carbocycles. The van der Waals surface area contributed by atoms with Crippen molar-refractivity contribution < 1.29 is 18.3 Å². The van der Waals surface area contributed by atoms with Gasteiger partial charge in [-0.3, -0.25) is 0 Å². The van der Waals surface area contributed by atoms with Crippen LogP contribution in [0, 0.1) is 0 Å². The van der Waals surface area contributed by atoms with Gasteiger partial charge in [0.1, 0.15) is 10.6 Å². The van der Waals surface area contributed by atoms with E-state index in [4.69, 9.17) is 16.3 Å². The zero-order chi connectivity index (χ0) is 22.1. The molecule has 0 bridgehead atoms. The van der Waals surface area contributed by atoms with Gasteiger partial charge in [-0.05, 0) is 55.5 Å². The fraction of sp³-hybridized carbons (Fsp3) is 0.478. The molecule has 2 aromatic rings. The summed E-state index contributed by atoms with van der Waals surface area (Å²) in [6, 6.07) is 14.6. The maximum Gasteiger partial charge on any atom is 0.244 e. The first-order valence-electron chi connectivity index (χ1n) is 10.7. The Balaban J connectivity index is 1.34. The third kappa shape index (κ3) is 4.61.